The summed E-state index contributed by atoms with van der Waals surface area (Å²) in [4.78, 5) is 13.1. The summed E-state index contributed by atoms with van der Waals surface area (Å²) in [6.45, 7) is 4.21. The van der Waals surface area contributed by atoms with Gasteiger partial charge in [0.15, 0.2) is 0 Å². The Morgan fingerprint density at radius 1 is 1.50 bits per heavy atom. The van der Waals surface area contributed by atoms with Crippen LogP contribution in [0.4, 0.5) is 0 Å². The van der Waals surface area contributed by atoms with Crippen molar-refractivity contribution in [3.8, 4) is 0 Å². The maximum absolute atomic E-state index is 11.2. The van der Waals surface area contributed by atoms with Gasteiger partial charge >= 0.3 is 0 Å². The van der Waals surface area contributed by atoms with Crippen LogP contribution in [0, 0.1) is 5.92 Å². The number of carbonyl (C=O) groups is 1. The van der Waals surface area contributed by atoms with E-state index in [0.29, 0.717) is 0 Å². The highest BCUT2D eigenvalue weighted by molar-refractivity contribution is 5.77. The fraction of sp³-hybridized carbons (Fsp3) is 0.889. The lowest BCUT2D eigenvalue weighted by atomic mass is 10.0. The first-order chi connectivity index (χ1) is 5.74. The Morgan fingerprint density at radius 3 is 2.92 bits per heavy atom. The Balaban J connectivity index is 2.40. The molecule has 1 atom stereocenters. The van der Waals surface area contributed by atoms with Crippen LogP contribution >= 0.6 is 0 Å². The molecule has 3 heteroatoms. The Labute approximate surface area is 73.9 Å². The van der Waals surface area contributed by atoms with E-state index in [-0.39, 0.29) is 12.5 Å². The molecule has 0 aromatic rings. The monoisotopic (exact) mass is 170 g/mol. The third kappa shape index (κ3) is 2.48. The second-order valence-corrected chi connectivity index (χ2v) is 3.62. The van der Waals surface area contributed by atoms with E-state index in [1.54, 1.807) is 0 Å². The molecule has 0 bridgehead atoms. The fourth-order valence-electron chi connectivity index (χ4n) is 1.64. The zero-order valence-corrected chi connectivity index (χ0v) is 7.75. The standard InChI is InChI=1S/C9H18N2O/c1-8-3-2-5-11(6-4-8)9(12)7-10/h8H,2-7,10H2,1H3. The van der Waals surface area contributed by atoms with Crippen LogP contribution < -0.4 is 5.73 Å². The first-order valence-corrected chi connectivity index (χ1v) is 4.72. The molecular formula is C9H18N2O. The summed E-state index contributed by atoms with van der Waals surface area (Å²) in [6.07, 6.45) is 3.51. The van der Waals surface area contributed by atoms with Crippen molar-refractivity contribution >= 4 is 5.91 Å². The Morgan fingerprint density at radius 2 is 2.25 bits per heavy atom. The Kier molecular flexibility index (Phi) is 3.53. The van der Waals surface area contributed by atoms with Crippen molar-refractivity contribution in [2.45, 2.75) is 26.2 Å². The van der Waals surface area contributed by atoms with Gasteiger partial charge in [-0.15, -0.1) is 0 Å². The second-order valence-electron chi connectivity index (χ2n) is 3.62. The highest BCUT2D eigenvalue weighted by Gasteiger charge is 2.16. The first kappa shape index (κ1) is 9.52. The summed E-state index contributed by atoms with van der Waals surface area (Å²) in [5.74, 6) is 0.865. The summed E-state index contributed by atoms with van der Waals surface area (Å²) < 4.78 is 0. The Bertz CT molecular complexity index is 159. The van der Waals surface area contributed by atoms with Crippen molar-refractivity contribution in [3.05, 3.63) is 0 Å². The van der Waals surface area contributed by atoms with Crippen LogP contribution in [0.25, 0.3) is 0 Å². The van der Waals surface area contributed by atoms with Gasteiger partial charge in [-0.05, 0) is 25.2 Å². The number of carbonyl (C=O) groups excluding carboxylic acids is 1. The van der Waals surface area contributed by atoms with E-state index in [4.69, 9.17) is 5.73 Å². The quantitative estimate of drug-likeness (QED) is 0.626. The van der Waals surface area contributed by atoms with Crippen LogP contribution in [-0.2, 0) is 4.79 Å². The molecule has 0 aromatic carbocycles. The van der Waals surface area contributed by atoms with Gasteiger partial charge in [0.2, 0.25) is 5.91 Å². The van der Waals surface area contributed by atoms with E-state index in [9.17, 15) is 4.79 Å². The molecule has 2 N–H and O–H groups in total. The average molecular weight is 170 g/mol. The van der Waals surface area contributed by atoms with Gasteiger partial charge < -0.3 is 10.6 Å². The van der Waals surface area contributed by atoms with Gasteiger partial charge in [-0.3, -0.25) is 4.79 Å². The molecular weight excluding hydrogens is 152 g/mol. The van der Waals surface area contributed by atoms with E-state index >= 15 is 0 Å². The maximum Gasteiger partial charge on any atom is 0.236 e. The second kappa shape index (κ2) is 4.45. The van der Waals surface area contributed by atoms with Crippen LogP contribution in [0.2, 0.25) is 0 Å². The SMILES string of the molecule is CC1CCCN(C(=O)CN)CC1. The lowest BCUT2D eigenvalue weighted by Gasteiger charge is -2.19. The molecule has 1 amide bonds. The summed E-state index contributed by atoms with van der Waals surface area (Å²) in [7, 11) is 0. The zero-order chi connectivity index (χ0) is 8.97. The van der Waals surface area contributed by atoms with Crippen LogP contribution in [0.1, 0.15) is 26.2 Å². The van der Waals surface area contributed by atoms with Crippen LogP contribution in [0.15, 0.2) is 0 Å². The predicted octanol–water partition coefficient (Wildman–Crippen LogP) is 0.594. The van der Waals surface area contributed by atoms with Gasteiger partial charge in [0.25, 0.3) is 0 Å². The Hall–Kier alpha value is -0.570. The van der Waals surface area contributed by atoms with Crippen molar-refractivity contribution in [1.29, 1.82) is 0 Å². The molecule has 0 aliphatic carbocycles. The molecule has 0 radical (unpaired) electrons. The number of amides is 1. The third-order valence-corrected chi connectivity index (χ3v) is 2.54. The number of likely N-dealkylation sites (tertiary alicyclic amines) is 1. The molecule has 3 nitrogen and oxygen atoms in total. The number of rotatable bonds is 1. The number of hydrogen-bond acceptors (Lipinski definition) is 2. The largest absolute Gasteiger partial charge is 0.342 e. The van der Waals surface area contributed by atoms with Gasteiger partial charge in [0.05, 0.1) is 6.54 Å². The molecule has 1 saturated heterocycles. The summed E-state index contributed by atoms with van der Waals surface area (Å²) in [6, 6.07) is 0. The third-order valence-electron chi connectivity index (χ3n) is 2.54. The molecule has 70 valence electrons. The van der Waals surface area contributed by atoms with Gasteiger partial charge in [0.1, 0.15) is 0 Å². The molecule has 0 saturated carbocycles. The molecule has 0 spiro atoms. The van der Waals surface area contributed by atoms with E-state index < -0.39 is 0 Å². The topological polar surface area (TPSA) is 46.3 Å². The van der Waals surface area contributed by atoms with Crippen molar-refractivity contribution in [1.82, 2.24) is 4.90 Å². The minimum Gasteiger partial charge on any atom is -0.342 e. The zero-order valence-electron chi connectivity index (χ0n) is 7.75. The lowest BCUT2D eigenvalue weighted by Crippen LogP contribution is -2.36. The first-order valence-electron chi connectivity index (χ1n) is 4.72. The minimum atomic E-state index is 0.101. The van der Waals surface area contributed by atoms with Crippen molar-refractivity contribution < 1.29 is 4.79 Å². The molecule has 1 fully saturated rings. The summed E-state index contributed by atoms with van der Waals surface area (Å²) in [5.41, 5.74) is 5.30. The van der Waals surface area contributed by atoms with Crippen LogP contribution in [0.3, 0.4) is 0 Å². The van der Waals surface area contributed by atoms with Crippen LogP contribution in [-0.4, -0.2) is 30.4 Å². The molecule has 0 aromatic heterocycles. The average Bonchev–Trinajstić information content (AvgIpc) is 2.29. The van der Waals surface area contributed by atoms with E-state index in [1.807, 2.05) is 4.90 Å². The molecule has 12 heavy (non-hydrogen) atoms. The summed E-state index contributed by atoms with van der Waals surface area (Å²) in [5, 5.41) is 0. The van der Waals surface area contributed by atoms with Crippen LogP contribution in [0.5, 0.6) is 0 Å². The van der Waals surface area contributed by atoms with Crippen molar-refractivity contribution in [2.75, 3.05) is 19.6 Å². The van der Waals surface area contributed by atoms with Gasteiger partial charge in [-0.25, -0.2) is 0 Å². The van der Waals surface area contributed by atoms with E-state index in [0.717, 1.165) is 31.8 Å². The molecule has 1 rings (SSSR count). The molecule has 1 aliphatic rings. The number of nitrogens with zero attached hydrogens (tertiary/aromatic N) is 1. The minimum absolute atomic E-state index is 0.101. The fourth-order valence-corrected chi connectivity index (χ4v) is 1.64. The maximum atomic E-state index is 11.2. The number of nitrogens with two attached hydrogens (primary N) is 1. The van der Waals surface area contributed by atoms with Crippen molar-refractivity contribution in [3.63, 3.8) is 0 Å². The summed E-state index contributed by atoms with van der Waals surface area (Å²) >= 11 is 0. The van der Waals surface area contributed by atoms with Crippen molar-refractivity contribution in [2.24, 2.45) is 11.7 Å². The lowest BCUT2D eigenvalue weighted by molar-refractivity contribution is -0.129. The van der Waals surface area contributed by atoms with Gasteiger partial charge in [-0.2, -0.15) is 0 Å². The highest BCUT2D eigenvalue weighted by atomic mass is 16.2. The molecule has 1 aliphatic heterocycles. The normalized spacial score (nSPS) is 25.2. The highest BCUT2D eigenvalue weighted by Crippen LogP contribution is 2.15. The molecule has 1 heterocycles. The predicted molar refractivity (Wildman–Crippen MR) is 48.6 cm³/mol. The number of hydrogen-bond donors (Lipinski definition) is 1. The molecule has 1 unspecified atom stereocenters. The smallest absolute Gasteiger partial charge is 0.236 e. The van der Waals surface area contributed by atoms with Gasteiger partial charge in [0, 0.05) is 13.1 Å². The van der Waals surface area contributed by atoms with Gasteiger partial charge in [-0.1, -0.05) is 6.92 Å². The van der Waals surface area contributed by atoms with E-state index in [2.05, 4.69) is 6.92 Å². The van der Waals surface area contributed by atoms with E-state index in [1.165, 1.54) is 6.42 Å².